The van der Waals surface area contributed by atoms with E-state index in [1.54, 1.807) is 7.11 Å². The second-order valence-electron chi connectivity index (χ2n) is 8.49. The molecule has 0 N–H and O–H groups in total. The molecule has 166 valence electrons. The molecule has 0 aromatic heterocycles. The molecule has 0 amide bonds. The Hall–Kier alpha value is -3.18. The number of benzene rings is 3. The molecule has 2 aliphatic rings. The Bertz CT molecular complexity index is 1080. The zero-order valence-electron chi connectivity index (χ0n) is 18.6. The quantitative estimate of drug-likeness (QED) is 0.472. The van der Waals surface area contributed by atoms with Crippen LogP contribution in [0.3, 0.4) is 0 Å². The van der Waals surface area contributed by atoms with Crippen LogP contribution in [0.25, 0.3) is 0 Å². The molecule has 5 nitrogen and oxygen atoms in total. The van der Waals surface area contributed by atoms with Crippen LogP contribution in [0.4, 0.5) is 0 Å². The van der Waals surface area contributed by atoms with E-state index < -0.39 is 0 Å². The van der Waals surface area contributed by atoms with E-state index in [0.717, 1.165) is 33.9 Å². The number of rotatable bonds is 6. The van der Waals surface area contributed by atoms with Crippen molar-refractivity contribution >= 4 is 0 Å². The molecule has 2 heterocycles. The zero-order chi connectivity index (χ0) is 22.1. The highest BCUT2D eigenvalue weighted by atomic mass is 16.7. The van der Waals surface area contributed by atoms with Gasteiger partial charge in [-0.15, -0.1) is 0 Å². The van der Waals surface area contributed by atoms with E-state index in [1.165, 1.54) is 0 Å². The second-order valence-corrected chi connectivity index (χ2v) is 8.49. The molecule has 2 aliphatic heterocycles. The summed E-state index contributed by atoms with van der Waals surface area (Å²) in [6, 6.07) is 22.3. The first-order chi connectivity index (χ1) is 15.6. The van der Waals surface area contributed by atoms with Crippen LogP contribution in [0.15, 0.2) is 66.7 Å². The molecule has 0 saturated carbocycles. The number of fused-ring (bicyclic) bond motifs is 1. The third-order valence-electron chi connectivity index (χ3n) is 6.56. The predicted octanol–water partition coefficient (Wildman–Crippen LogP) is 6.09. The van der Waals surface area contributed by atoms with E-state index in [1.807, 2.05) is 54.6 Å². The van der Waals surface area contributed by atoms with Crippen molar-refractivity contribution in [2.75, 3.05) is 13.9 Å². The lowest BCUT2D eigenvalue weighted by molar-refractivity contribution is 0.0288. The van der Waals surface area contributed by atoms with E-state index >= 15 is 0 Å². The largest absolute Gasteiger partial charge is 0.493 e. The van der Waals surface area contributed by atoms with Gasteiger partial charge in [0.05, 0.1) is 19.3 Å². The minimum atomic E-state index is -0.0301. The maximum Gasteiger partial charge on any atom is 0.231 e. The molecule has 0 aliphatic carbocycles. The van der Waals surface area contributed by atoms with Crippen LogP contribution in [0.2, 0.25) is 0 Å². The Balaban J connectivity index is 1.34. The predicted molar refractivity (Wildman–Crippen MR) is 121 cm³/mol. The van der Waals surface area contributed by atoms with Gasteiger partial charge in [0.25, 0.3) is 0 Å². The average Bonchev–Trinajstić information content (AvgIpc) is 3.42. The number of hydrogen-bond acceptors (Lipinski definition) is 5. The Morgan fingerprint density at radius 1 is 0.781 bits per heavy atom. The van der Waals surface area contributed by atoms with Gasteiger partial charge >= 0.3 is 0 Å². The first-order valence-electron chi connectivity index (χ1n) is 11.0. The van der Waals surface area contributed by atoms with Crippen molar-refractivity contribution in [2.45, 2.75) is 32.7 Å². The highest BCUT2D eigenvalue weighted by molar-refractivity contribution is 5.46. The van der Waals surface area contributed by atoms with Gasteiger partial charge in [0.1, 0.15) is 6.61 Å². The van der Waals surface area contributed by atoms with E-state index in [2.05, 4.69) is 26.0 Å². The van der Waals surface area contributed by atoms with Crippen molar-refractivity contribution in [1.29, 1.82) is 0 Å². The van der Waals surface area contributed by atoms with Crippen LogP contribution in [0.1, 0.15) is 42.7 Å². The Morgan fingerprint density at radius 2 is 1.47 bits per heavy atom. The van der Waals surface area contributed by atoms with Crippen LogP contribution in [-0.2, 0) is 11.3 Å². The molecule has 0 spiro atoms. The summed E-state index contributed by atoms with van der Waals surface area (Å²) in [5, 5.41) is 0. The molecule has 0 unspecified atom stereocenters. The molecule has 32 heavy (non-hydrogen) atoms. The van der Waals surface area contributed by atoms with E-state index in [4.69, 9.17) is 23.7 Å². The molecule has 1 fully saturated rings. The molecule has 5 rings (SSSR count). The van der Waals surface area contributed by atoms with Gasteiger partial charge in [-0.25, -0.2) is 0 Å². The fraction of sp³-hybridized carbons (Fsp3) is 0.333. The number of hydrogen-bond donors (Lipinski definition) is 0. The molecule has 5 heteroatoms. The average molecular weight is 433 g/mol. The lowest BCUT2D eigenvalue weighted by Crippen LogP contribution is -2.10. The van der Waals surface area contributed by atoms with Crippen LogP contribution in [-0.4, -0.2) is 13.9 Å². The molecular formula is C27H28O5. The maximum atomic E-state index is 6.59. The number of methoxy groups -OCH3 is 1. The topological polar surface area (TPSA) is 46.2 Å². The van der Waals surface area contributed by atoms with Gasteiger partial charge in [-0.05, 0) is 52.8 Å². The van der Waals surface area contributed by atoms with Crippen molar-refractivity contribution in [1.82, 2.24) is 0 Å². The highest BCUT2D eigenvalue weighted by Gasteiger charge is 2.41. The standard InChI is InChI=1S/C27H28O5/c1-17-18(2)27(21-10-12-23-25(14-21)31-16-30-23)32-26(17)20-9-11-22(24(13-20)28-3)29-15-19-7-5-4-6-8-19/h4-14,17-18,26-27H,15-16H2,1-3H3/t17-,18+,26-,27+/m0/s1. The molecular weight excluding hydrogens is 404 g/mol. The Morgan fingerprint density at radius 3 is 2.22 bits per heavy atom. The molecule has 3 aromatic rings. The summed E-state index contributed by atoms with van der Waals surface area (Å²) in [6.45, 7) is 5.26. The van der Waals surface area contributed by atoms with Crippen molar-refractivity contribution in [3.63, 3.8) is 0 Å². The van der Waals surface area contributed by atoms with Crippen LogP contribution < -0.4 is 18.9 Å². The molecule has 1 saturated heterocycles. The van der Waals surface area contributed by atoms with E-state index in [-0.39, 0.29) is 19.0 Å². The van der Waals surface area contributed by atoms with Crippen LogP contribution in [0, 0.1) is 11.8 Å². The summed E-state index contributed by atoms with van der Waals surface area (Å²) < 4.78 is 29.3. The normalized spacial score (nSPS) is 23.8. The molecule has 3 aromatic carbocycles. The van der Waals surface area contributed by atoms with Crippen LogP contribution in [0.5, 0.6) is 23.0 Å². The smallest absolute Gasteiger partial charge is 0.231 e. The van der Waals surface area contributed by atoms with Gasteiger partial charge < -0.3 is 23.7 Å². The summed E-state index contributed by atoms with van der Waals surface area (Å²) >= 11 is 0. The molecule has 0 bridgehead atoms. The van der Waals surface area contributed by atoms with Crippen molar-refractivity contribution < 1.29 is 23.7 Å². The van der Waals surface area contributed by atoms with Crippen molar-refractivity contribution in [2.24, 2.45) is 11.8 Å². The monoisotopic (exact) mass is 432 g/mol. The summed E-state index contributed by atoms with van der Waals surface area (Å²) in [7, 11) is 1.67. The summed E-state index contributed by atoms with van der Waals surface area (Å²) in [5.74, 6) is 3.71. The lowest BCUT2D eigenvalue weighted by atomic mass is 9.85. The first kappa shape index (κ1) is 20.7. The third-order valence-corrected chi connectivity index (χ3v) is 6.56. The van der Waals surface area contributed by atoms with Gasteiger partial charge in [0.2, 0.25) is 6.79 Å². The maximum absolute atomic E-state index is 6.59. The van der Waals surface area contributed by atoms with Crippen molar-refractivity contribution in [3.8, 4) is 23.0 Å². The minimum Gasteiger partial charge on any atom is -0.493 e. The van der Waals surface area contributed by atoms with E-state index in [0.29, 0.717) is 24.2 Å². The Kier molecular flexibility index (Phi) is 5.66. The summed E-state index contributed by atoms with van der Waals surface area (Å²) in [6.07, 6.45) is -0.0398. The second kappa shape index (κ2) is 8.75. The van der Waals surface area contributed by atoms with Gasteiger partial charge in [-0.1, -0.05) is 56.3 Å². The minimum absolute atomic E-state index is 0.00972. The fourth-order valence-electron chi connectivity index (χ4n) is 4.53. The van der Waals surface area contributed by atoms with Gasteiger partial charge in [0.15, 0.2) is 23.0 Å². The Labute approximate surface area is 188 Å². The van der Waals surface area contributed by atoms with Gasteiger partial charge in [-0.3, -0.25) is 0 Å². The lowest BCUT2D eigenvalue weighted by Gasteiger charge is -2.19. The molecule has 4 atom stereocenters. The van der Waals surface area contributed by atoms with Gasteiger partial charge in [-0.2, -0.15) is 0 Å². The van der Waals surface area contributed by atoms with Gasteiger partial charge in [0, 0.05) is 0 Å². The number of ether oxygens (including phenoxy) is 5. The fourth-order valence-corrected chi connectivity index (χ4v) is 4.53. The third kappa shape index (κ3) is 3.89. The highest BCUT2D eigenvalue weighted by Crippen LogP contribution is 2.51. The summed E-state index contributed by atoms with van der Waals surface area (Å²) in [4.78, 5) is 0. The summed E-state index contributed by atoms with van der Waals surface area (Å²) in [5.41, 5.74) is 3.33. The van der Waals surface area contributed by atoms with E-state index in [9.17, 15) is 0 Å². The van der Waals surface area contributed by atoms with Crippen LogP contribution >= 0.6 is 0 Å². The zero-order valence-corrected chi connectivity index (χ0v) is 18.6. The molecule has 0 radical (unpaired) electrons. The SMILES string of the molecule is COc1cc([C@H]2O[C@@H](c3ccc4c(c3)OCO4)[C@H](C)[C@@H]2C)ccc1OCc1ccccc1. The van der Waals surface area contributed by atoms with Crippen molar-refractivity contribution in [3.05, 3.63) is 83.4 Å². The first-order valence-corrected chi connectivity index (χ1v) is 11.0.